The molecule has 1 aromatic rings. The second-order valence-corrected chi connectivity index (χ2v) is 4.58. The van der Waals surface area contributed by atoms with E-state index in [0.29, 0.717) is 13.0 Å². The SMILES string of the molecule is NC(=O)CN(CC(=O)O)CC1Cc2ccccc2O1. The Morgan fingerprint density at radius 1 is 1.37 bits per heavy atom. The molecule has 1 aromatic carbocycles. The molecule has 0 spiro atoms. The lowest BCUT2D eigenvalue weighted by Gasteiger charge is -2.22. The predicted octanol–water partition coefficient (Wildman–Crippen LogP) is -0.138. The highest BCUT2D eigenvalue weighted by Gasteiger charge is 2.25. The van der Waals surface area contributed by atoms with Gasteiger partial charge in [-0.25, -0.2) is 0 Å². The first-order valence-electron chi connectivity index (χ1n) is 6.01. The van der Waals surface area contributed by atoms with Gasteiger partial charge in [0.1, 0.15) is 11.9 Å². The fourth-order valence-electron chi connectivity index (χ4n) is 2.24. The number of primary amides is 1. The molecule has 1 amide bonds. The van der Waals surface area contributed by atoms with Gasteiger partial charge in [0.25, 0.3) is 0 Å². The molecule has 0 radical (unpaired) electrons. The molecule has 1 unspecified atom stereocenters. The smallest absolute Gasteiger partial charge is 0.317 e. The number of fused-ring (bicyclic) bond motifs is 1. The van der Waals surface area contributed by atoms with Gasteiger partial charge in [-0.15, -0.1) is 0 Å². The van der Waals surface area contributed by atoms with E-state index in [-0.39, 0.29) is 19.2 Å². The summed E-state index contributed by atoms with van der Waals surface area (Å²) < 4.78 is 5.71. The van der Waals surface area contributed by atoms with E-state index in [2.05, 4.69) is 0 Å². The van der Waals surface area contributed by atoms with Gasteiger partial charge in [0.15, 0.2) is 0 Å². The van der Waals surface area contributed by atoms with Crippen molar-refractivity contribution in [3.63, 3.8) is 0 Å². The fraction of sp³-hybridized carbons (Fsp3) is 0.385. The third-order valence-electron chi connectivity index (χ3n) is 2.91. The van der Waals surface area contributed by atoms with Gasteiger partial charge in [-0.1, -0.05) is 18.2 Å². The first-order valence-corrected chi connectivity index (χ1v) is 6.01. The lowest BCUT2D eigenvalue weighted by Crippen LogP contribution is -2.42. The number of ether oxygens (including phenoxy) is 1. The van der Waals surface area contributed by atoms with Crippen molar-refractivity contribution in [1.82, 2.24) is 4.90 Å². The minimum Gasteiger partial charge on any atom is -0.488 e. The van der Waals surface area contributed by atoms with Crippen molar-refractivity contribution in [3.05, 3.63) is 29.8 Å². The molecule has 0 saturated carbocycles. The van der Waals surface area contributed by atoms with E-state index in [4.69, 9.17) is 15.6 Å². The molecule has 1 aliphatic rings. The molecule has 102 valence electrons. The first kappa shape index (κ1) is 13.4. The molecule has 0 bridgehead atoms. The molecule has 0 aromatic heterocycles. The zero-order valence-electron chi connectivity index (χ0n) is 10.4. The number of carbonyl (C=O) groups is 2. The number of nitrogens with two attached hydrogens (primary N) is 1. The Morgan fingerprint density at radius 3 is 2.74 bits per heavy atom. The molecule has 2 rings (SSSR count). The number of benzene rings is 1. The average molecular weight is 264 g/mol. The normalized spacial score (nSPS) is 17.0. The highest BCUT2D eigenvalue weighted by Crippen LogP contribution is 2.28. The summed E-state index contributed by atoms with van der Waals surface area (Å²) >= 11 is 0. The second-order valence-electron chi connectivity index (χ2n) is 4.58. The van der Waals surface area contributed by atoms with Crippen molar-refractivity contribution in [2.45, 2.75) is 12.5 Å². The van der Waals surface area contributed by atoms with Crippen LogP contribution < -0.4 is 10.5 Å². The van der Waals surface area contributed by atoms with Crippen LogP contribution in [0.2, 0.25) is 0 Å². The third-order valence-corrected chi connectivity index (χ3v) is 2.91. The van der Waals surface area contributed by atoms with Crippen molar-refractivity contribution in [1.29, 1.82) is 0 Å². The van der Waals surface area contributed by atoms with E-state index in [1.54, 1.807) is 0 Å². The molecule has 1 heterocycles. The maximum absolute atomic E-state index is 10.9. The first-order chi connectivity index (χ1) is 9.04. The third kappa shape index (κ3) is 3.69. The zero-order chi connectivity index (χ0) is 13.8. The highest BCUT2D eigenvalue weighted by atomic mass is 16.5. The van der Waals surface area contributed by atoms with Crippen LogP contribution >= 0.6 is 0 Å². The van der Waals surface area contributed by atoms with Gasteiger partial charge in [-0.3, -0.25) is 14.5 Å². The van der Waals surface area contributed by atoms with Crippen LogP contribution in [0.15, 0.2) is 24.3 Å². The molecule has 3 N–H and O–H groups in total. The van der Waals surface area contributed by atoms with E-state index in [1.807, 2.05) is 24.3 Å². The van der Waals surface area contributed by atoms with Gasteiger partial charge in [-0.2, -0.15) is 0 Å². The fourth-order valence-corrected chi connectivity index (χ4v) is 2.24. The molecule has 1 atom stereocenters. The average Bonchev–Trinajstić information content (AvgIpc) is 2.68. The quantitative estimate of drug-likeness (QED) is 0.746. The molecular formula is C13H16N2O4. The maximum Gasteiger partial charge on any atom is 0.317 e. The summed E-state index contributed by atoms with van der Waals surface area (Å²) in [5, 5.41) is 8.81. The van der Waals surface area contributed by atoms with E-state index in [0.717, 1.165) is 11.3 Å². The lowest BCUT2D eigenvalue weighted by molar-refractivity contribution is -0.138. The number of amides is 1. The standard InChI is InChI=1S/C13H16N2O4/c14-12(16)7-15(8-13(17)18)6-10-5-9-3-1-2-4-11(9)19-10/h1-4,10H,5-8H2,(H2,14,16)(H,17,18). The Hall–Kier alpha value is -2.08. The summed E-state index contributed by atoms with van der Waals surface area (Å²) in [5.41, 5.74) is 6.21. The number of carbonyl (C=O) groups excluding carboxylic acids is 1. The molecule has 1 aliphatic heterocycles. The largest absolute Gasteiger partial charge is 0.488 e. The van der Waals surface area contributed by atoms with Crippen molar-refractivity contribution in [2.75, 3.05) is 19.6 Å². The van der Waals surface area contributed by atoms with Crippen molar-refractivity contribution >= 4 is 11.9 Å². The Bertz CT molecular complexity index is 448. The van der Waals surface area contributed by atoms with E-state index >= 15 is 0 Å². The van der Waals surface area contributed by atoms with Gasteiger partial charge in [0.2, 0.25) is 5.91 Å². The zero-order valence-corrected chi connectivity index (χ0v) is 10.4. The van der Waals surface area contributed by atoms with Gasteiger partial charge in [-0.05, 0) is 11.6 Å². The molecule has 0 fully saturated rings. The van der Waals surface area contributed by atoms with E-state index < -0.39 is 11.9 Å². The van der Waals surface area contributed by atoms with Crippen LogP contribution in [0.4, 0.5) is 0 Å². The van der Waals surface area contributed by atoms with Crippen LogP contribution in [0, 0.1) is 0 Å². The van der Waals surface area contributed by atoms with Crippen LogP contribution in [0.1, 0.15) is 5.56 Å². The molecule has 6 nitrogen and oxygen atoms in total. The summed E-state index contributed by atoms with van der Waals surface area (Å²) in [4.78, 5) is 23.2. The van der Waals surface area contributed by atoms with Crippen LogP contribution in [0.25, 0.3) is 0 Å². The van der Waals surface area contributed by atoms with Gasteiger partial charge >= 0.3 is 5.97 Å². The number of aliphatic carboxylic acids is 1. The van der Waals surface area contributed by atoms with Gasteiger partial charge < -0.3 is 15.6 Å². The number of para-hydroxylation sites is 1. The molecule has 19 heavy (non-hydrogen) atoms. The van der Waals surface area contributed by atoms with Crippen molar-refractivity contribution < 1.29 is 19.4 Å². The topological polar surface area (TPSA) is 92.9 Å². The van der Waals surface area contributed by atoms with Crippen LogP contribution in [-0.2, 0) is 16.0 Å². The Labute approximate surface area is 110 Å². The number of hydrogen-bond donors (Lipinski definition) is 2. The number of nitrogens with zero attached hydrogens (tertiary/aromatic N) is 1. The van der Waals surface area contributed by atoms with Crippen LogP contribution in [-0.4, -0.2) is 47.6 Å². The summed E-state index contributed by atoms with van der Waals surface area (Å²) in [5.74, 6) is -0.713. The summed E-state index contributed by atoms with van der Waals surface area (Å²) in [6.45, 7) is 0.0611. The molecule has 6 heteroatoms. The minimum absolute atomic E-state index is 0.0808. The molecular weight excluding hydrogens is 248 g/mol. The predicted molar refractivity (Wildman–Crippen MR) is 67.8 cm³/mol. The Kier molecular flexibility index (Phi) is 4.01. The number of hydrogen-bond acceptors (Lipinski definition) is 4. The van der Waals surface area contributed by atoms with Crippen molar-refractivity contribution in [2.24, 2.45) is 5.73 Å². The highest BCUT2D eigenvalue weighted by molar-refractivity contribution is 5.77. The Morgan fingerprint density at radius 2 is 2.11 bits per heavy atom. The van der Waals surface area contributed by atoms with Crippen molar-refractivity contribution in [3.8, 4) is 5.75 Å². The van der Waals surface area contributed by atoms with Crippen LogP contribution in [0.5, 0.6) is 5.75 Å². The minimum atomic E-state index is -0.989. The van der Waals surface area contributed by atoms with Crippen LogP contribution in [0.3, 0.4) is 0 Å². The van der Waals surface area contributed by atoms with Gasteiger partial charge in [0.05, 0.1) is 13.1 Å². The summed E-state index contributed by atoms with van der Waals surface area (Å²) in [7, 11) is 0. The maximum atomic E-state index is 10.9. The number of carboxylic acids is 1. The summed E-state index contributed by atoms with van der Waals surface area (Å²) in [6.07, 6.45) is 0.571. The monoisotopic (exact) mass is 264 g/mol. The molecule has 0 aliphatic carbocycles. The molecule has 0 saturated heterocycles. The van der Waals surface area contributed by atoms with E-state index in [9.17, 15) is 9.59 Å². The Balaban J connectivity index is 1.96. The van der Waals surface area contributed by atoms with Gasteiger partial charge in [0, 0.05) is 13.0 Å². The number of carboxylic acid groups (broad SMARTS) is 1. The lowest BCUT2D eigenvalue weighted by atomic mass is 10.1. The summed E-state index contributed by atoms with van der Waals surface area (Å²) in [6, 6.07) is 7.68. The van der Waals surface area contributed by atoms with E-state index in [1.165, 1.54) is 4.90 Å². The number of rotatable bonds is 6. The second kappa shape index (κ2) is 5.71.